The van der Waals surface area contributed by atoms with Gasteiger partial charge in [-0.15, -0.1) is 0 Å². The summed E-state index contributed by atoms with van der Waals surface area (Å²) in [6.45, 7) is 0.612. The highest BCUT2D eigenvalue weighted by Gasteiger charge is 2.09. The van der Waals surface area contributed by atoms with Crippen LogP contribution in [0.1, 0.15) is 6.42 Å². The van der Waals surface area contributed by atoms with Crippen molar-refractivity contribution in [1.82, 2.24) is 9.88 Å². The largest absolute Gasteiger partial charge is 0.310 e. The number of nitrogens with one attached hydrogen (secondary N) is 1. The maximum Gasteiger partial charge on any atom is 0.274 e. The Morgan fingerprint density at radius 1 is 1.59 bits per heavy atom. The Morgan fingerprint density at radius 2 is 2.29 bits per heavy atom. The lowest BCUT2D eigenvalue weighted by atomic mass is 10.3. The summed E-state index contributed by atoms with van der Waals surface area (Å²) in [6.07, 6.45) is 1.61. The maximum atomic E-state index is 11.5. The van der Waals surface area contributed by atoms with Crippen LogP contribution >= 0.6 is 0 Å². The first kappa shape index (κ1) is 13.0. The second kappa shape index (κ2) is 5.90. The Morgan fingerprint density at radius 3 is 2.88 bits per heavy atom. The van der Waals surface area contributed by atoms with Gasteiger partial charge >= 0.3 is 0 Å². The third kappa shape index (κ3) is 4.56. The quantitative estimate of drug-likeness (QED) is 0.607. The van der Waals surface area contributed by atoms with Crippen LogP contribution in [0, 0.1) is 10.1 Å². The number of carbonyl (C=O) groups is 1. The first-order valence-electron chi connectivity index (χ1n) is 5.04. The SMILES string of the molecule is CN(C)CCC(=O)Nc1cc([N+](=O)[O-])ccn1. The molecule has 0 unspecified atom stereocenters. The second-order valence-corrected chi connectivity index (χ2v) is 3.76. The first-order chi connectivity index (χ1) is 7.99. The normalized spacial score (nSPS) is 10.3. The molecule has 0 radical (unpaired) electrons. The number of aromatic nitrogens is 1. The van der Waals surface area contributed by atoms with Crippen LogP contribution in [0.25, 0.3) is 0 Å². The van der Waals surface area contributed by atoms with Crippen LogP contribution in [0.15, 0.2) is 18.3 Å². The van der Waals surface area contributed by atoms with Gasteiger partial charge in [0, 0.05) is 25.2 Å². The number of rotatable bonds is 5. The van der Waals surface area contributed by atoms with E-state index in [0.717, 1.165) is 0 Å². The Kier molecular flexibility index (Phi) is 4.53. The fourth-order valence-electron chi connectivity index (χ4n) is 1.13. The number of hydrogen-bond donors (Lipinski definition) is 1. The van der Waals surface area contributed by atoms with Gasteiger partial charge < -0.3 is 10.2 Å². The smallest absolute Gasteiger partial charge is 0.274 e. The molecule has 1 aromatic heterocycles. The van der Waals surface area contributed by atoms with E-state index in [1.165, 1.54) is 18.3 Å². The molecule has 0 aliphatic heterocycles. The highest BCUT2D eigenvalue weighted by Crippen LogP contribution is 2.14. The minimum atomic E-state index is -0.531. The molecule has 0 aromatic carbocycles. The number of amides is 1. The average Bonchev–Trinajstić information content (AvgIpc) is 2.26. The van der Waals surface area contributed by atoms with Crippen molar-refractivity contribution in [3.63, 3.8) is 0 Å². The molecule has 0 bridgehead atoms. The molecule has 7 nitrogen and oxygen atoms in total. The van der Waals surface area contributed by atoms with E-state index in [9.17, 15) is 14.9 Å². The van der Waals surface area contributed by atoms with Gasteiger partial charge in [-0.25, -0.2) is 4.98 Å². The van der Waals surface area contributed by atoms with Crippen LogP contribution in [0.5, 0.6) is 0 Å². The molecule has 1 rings (SSSR count). The van der Waals surface area contributed by atoms with Crippen molar-refractivity contribution in [3.05, 3.63) is 28.4 Å². The molecule has 7 heteroatoms. The van der Waals surface area contributed by atoms with Crippen molar-refractivity contribution in [2.45, 2.75) is 6.42 Å². The maximum absolute atomic E-state index is 11.5. The second-order valence-electron chi connectivity index (χ2n) is 3.76. The van der Waals surface area contributed by atoms with Crippen molar-refractivity contribution < 1.29 is 9.72 Å². The van der Waals surface area contributed by atoms with Gasteiger partial charge in [-0.1, -0.05) is 0 Å². The van der Waals surface area contributed by atoms with E-state index in [1.54, 1.807) is 0 Å². The third-order valence-corrected chi connectivity index (χ3v) is 2.01. The van der Waals surface area contributed by atoms with Gasteiger partial charge in [-0.05, 0) is 14.1 Å². The van der Waals surface area contributed by atoms with E-state index in [-0.39, 0.29) is 17.4 Å². The molecule has 1 heterocycles. The van der Waals surface area contributed by atoms with Crippen molar-refractivity contribution in [2.24, 2.45) is 0 Å². The fraction of sp³-hybridized carbons (Fsp3) is 0.400. The average molecular weight is 238 g/mol. The van der Waals surface area contributed by atoms with Crippen LogP contribution in [-0.2, 0) is 4.79 Å². The molecule has 0 aliphatic rings. The van der Waals surface area contributed by atoms with E-state index in [2.05, 4.69) is 10.3 Å². The summed E-state index contributed by atoms with van der Waals surface area (Å²) in [5.41, 5.74) is -0.0945. The molecular formula is C10H14N4O3. The standard InChI is InChI=1S/C10H14N4O3/c1-13(2)6-4-10(15)12-9-7-8(14(16)17)3-5-11-9/h3,5,7H,4,6H2,1-2H3,(H,11,12,15). The molecule has 0 fully saturated rings. The van der Waals surface area contributed by atoms with E-state index < -0.39 is 4.92 Å². The molecule has 0 aliphatic carbocycles. The van der Waals surface area contributed by atoms with Crippen LogP contribution in [-0.4, -0.2) is 41.4 Å². The summed E-state index contributed by atoms with van der Waals surface area (Å²) in [5.74, 6) is -0.0188. The zero-order valence-electron chi connectivity index (χ0n) is 9.71. The molecule has 1 N–H and O–H groups in total. The molecule has 0 saturated carbocycles. The van der Waals surface area contributed by atoms with E-state index in [4.69, 9.17) is 0 Å². The summed E-state index contributed by atoms with van der Waals surface area (Å²) in [5, 5.41) is 13.0. The molecular weight excluding hydrogens is 224 g/mol. The topological polar surface area (TPSA) is 88.4 Å². The van der Waals surface area contributed by atoms with E-state index >= 15 is 0 Å². The van der Waals surface area contributed by atoms with Gasteiger partial charge in [0.05, 0.1) is 11.0 Å². The lowest BCUT2D eigenvalue weighted by Crippen LogP contribution is -2.21. The molecule has 1 amide bonds. The Balaban J connectivity index is 2.59. The number of nitro groups is 1. The predicted octanol–water partition coefficient (Wildman–Crippen LogP) is 0.880. The minimum absolute atomic E-state index is 0.0945. The Labute approximate surface area is 98.6 Å². The molecule has 17 heavy (non-hydrogen) atoms. The summed E-state index contributed by atoms with van der Waals surface area (Å²) >= 11 is 0. The number of anilines is 1. The Bertz CT molecular complexity index is 420. The summed E-state index contributed by atoms with van der Waals surface area (Å²) in [7, 11) is 3.72. The highest BCUT2D eigenvalue weighted by molar-refractivity contribution is 5.90. The van der Waals surface area contributed by atoms with Gasteiger partial charge in [-0.3, -0.25) is 14.9 Å². The van der Waals surface area contributed by atoms with Crippen LogP contribution in [0.2, 0.25) is 0 Å². The van der Waals surface area contributed by atoms with Crippen molar-refractivity contribution in [3.8, 4) is 0 Å². The molecule has 0 spiro atoms. The van der Waals surface area contributed by atoms with Crippen LogP contribution < -0.4 is 5.32 Å². The minimum Gasteiger partial charge on any atom is -0.310 e. The summed E-state index contributed by atoms with van der Waals surface area (Å²) in [6, 6.07) is 2.50. The highest BCUT2D eigenvalue weighted by atomic mass is 16.6. The van der Waals surface area contributed by atoms with Gasteiger partial charge in [0.2, 0.25) is 5.91 Å². The third-order valence-electron chi connectivity index (χ3n) is 2.01. The predicted molar refractivity (Wildman–Crippen MR) is 62.7 cm³/mol. The fourth-order valence-corrected chi connectivity index (χ4v) is 1.13. The number of carbonyl (C=O) groups excluding carboxylic acids is 1. The first-order valence-corrected chi connectivity index (χ1v) is 5.04. The van der Waals surface area contributed by atoms with Crippen LogP contribution in [0.4, 0.5) is 11.5 Å². The summed E-state index contributed by atoms with van der Waals surface area (Å²) < 4.78 is 0. The van der Waals surface area contributed by atoms with Gasteiger partial charge in [0.15, 0.2) is 0 Å². The number of pyridine rings is 1. The molecule has 0 saturated heterocycles. The number of hydrogen-bond acceptors (Lipinski definition) is 5. The van der Waals surface area contributed by atoms with Gasteiger partial charge in [0.25, 0.3) is 5.69 Å². The monoisotopic (exact) mass is 238 g/mol. The van der Waals surface area contributed by atoms with Crippen molar-refractivity contribution in [2.75, 3.05) is 26.0 Å². The van der Waals surface area contributed by atoms with Crippen molar-refractivity contribution >= 4 is 17.4 Å². The zero-order chi connectivity index (χ0) is 12.8. The zero-order valence-corrected chi connectivity index (χ0v) is 9.71. The van der Waals surface area contributed by atoms with E-state index in [0.29, 0.717) is 13.0 Å². The molecule has 92 valence electrons. The Hall–Kier alpha value is -2.02. The lowest BCUT2D eigenvalue weighted by molar-refractivity contribution is -0.384. The van der Waals surface area contributed by atoms with E-state index in [1.807, 2.05) is 19.0 Å². The summed E-state index contributed by atoms with van der Waals surface area (Å²) in [4.78, 5) is 27.1. The molecule has 0 atom stereocenters. The molecule has 1 aromatic rings. The van der Waals surface area contributed by atoms with Gasteiger partial charge in [0.1, 0.15) is 5.82 Å². The number of nitrogens with zero attached hydrogens (tertiary/aromatic N) is 3. The lowest BCUT2D eigenvalue weighted by Gasteiger charge is -2.08. The van der Waals surface area contributed by atoms with Gasteiger partial charge in [-0.2, -0.15) is 0 Å². The van der Waals surface area contributed by atoms with Crippen LogP contribution in [0.3, 0.4) is 0 Å². The van der Waals surface area contributed by atoms with Crippen molar-refractivity contribution in [1.29, 1.82) is 0 Å².